The molecule has 0 unspecified atom stereocenters. The van der Waals surface area contributed by atoms with E-state index in [1.807, 2.05) is 38.1 Å². The maximum Gasteiger partial charge on any atom is 0.251 e. The monoisotopic (exact) mass is 408 g/mol. The molecule has 0 radical (unpaired) electrons. The second kappa shape index (κ2) is 8.38. The summed E-state index contributed by atoms with van der Waals surface area (Å²) in [7, 11) is 0. The highest BCUT2D eigenvalue weighted by atomic mass is 16.7. The zero-order valence-electron chi connectivity index (χ0n) is 17.5. The molecule has 158 valence electrons. The summed E-state index contributed by atoms with van der Waals surface area (Å²) in [6.45, 7) is 4.59. The summed E-state index contributed by atoms with van der Waals surface area (Å²) in [6, 6.07) is 11.2. The molecule has 30 heavy (non-hydrogen) atoms. The molecule has 1 heterocycles. The zero-order valence-corrected chi connectivity index (χ0v) is 17.5. The number of aryl methyl sites for hydroxylation is 1. The van der Waals surface area contributed by atoms with Gasteiger partial charge in [-0.3, -0.25) is 9.59 Å². The van der Waals surface area contributed by atoms with Crippen LogP contribution in [-0.2, 0) is 10.2 Å². The van der Waals surface area contributed by atoms with E-state index in [0.29, 0.717) is 23.5 Å². The Morgan fingerprint density at radius 3 is 2.53 bits per heavy atom. The summed E-state index contributed by atoms with van der Waals surface area (Å²) in [5, 5.41) is 5.94. The Morgan fingerprint density at radius 1 is 1.00 bits per heavy atom. The molecule has 0 aromatic heterocycles. The van der Waals surface area contributed by atoms with Gasteiger partial charge in [0, 0.05) is 17.8 Å². The first-order valence-electron chi connectivity index (χ1n) is 10.6. The standard InChI is InChI=1S/C24H28N2O4/c1-3-25-22(27)17-8-7-16(2)19(13-17)26-23(28)24(11-5-4-6-12-24)18-9-10-20-21(14-18)30-15-29-20/h7-10,13-14H,3-6,11-12,15H2,1-2H3,(H,25,27)(H,26,28). The number of anilines is 1. The van der Waals surface area contributed by atoms with Crippen molar-refractivity contribution >= 4 is 17.5 Å². The van der Waals surface area contributed by atoms with Crippen LogP contribution in [0.3, 0.4) is 0 Å². The van der Waals surface area contributed by atoms with Gasteiger partial charge in [0.05, 0.1) is 5.41 Å². The van der Waals surface area contributed by atoms with Gasteiger partial charge in [0.1, 0.15) is 0 Å². The topological polar surface area (TPSA) is 76.7 Å². The van der Waals surface area contributed by atoms with E-state index < -0.39 is 5.41 Å². The van der Waals surface area contributed by atoms with Gasteiger partial charge in [-0.25, -0.2) is 0 Å². The summed E-state index contributed by atoms with van der Waals surface area (Å²) < 4.78 is 11.0. The van der Waals surface area contributed by atoms with Crippen molar-refractivity contribution < 1.29 is 19.1 Å². The van der Waals surface area contributed by atoms with E-state index in [2.05, 4.69) is 10.6 Å². The average molecular weight is 408 g/mol. The van der Waals surface area contributed by atoms with Crippen molar-refractivity contribution in [2.24, 2.45) is 0 Å². The molecular weight excluding hydrogens is 380 g/mol. The summed E-state index contributed by atoms with van der Waals surface area (Å²) in [6.07, 6.45) is 4.70. The normalized spacial score (nSPS) is 16.7. The smallest absolute Gasteiger partial charge is 0.251 e. The molecule has 0 spiro atoms. The zero-order chi connectivity index (χ0) is 21.1. The predicted molar refractivity (Wildman–Crippen MR) is 115 cm³/mol. The van der Waals surface area contributed by atoms with Crippen molar-refractivity contribution in [1.29, 1.82) is 0 Å². The molecule has 1 fully saturated rings. The second-order valence-corrected chi connectivity index (χ2v) is 8.05. The average Bonchev–Trinajstić information content (AvgIpc) is 3.24. The van der Waals surface area contributed by atoms with E-state index >= 15 is 0 Å². The first-order chi connectivity index (χ1) is 14.5. The first-order valence-corrected chi connectivity index (χ1v) is 10.6. The van der Waals surface area contributed by atoms with Gasteiger partial charge in [-0.05, 0) is 62.1 Å². The Balaban J connectivity index is 1.65. The van der Waals surface area contributed by atoms with Crippen LogP contribution in [0.1, 0.15) is 60.5 Å². The number of nitrogens with one attached hydrogen (secondary N) is 2. The Labute approximate surface area is 177 Å². The maximum atomic E-state index is 13.7. The van der Waals surface area contributed by atoms with E-state index in [9.17, 15) is 9.59 Å². The highest BCUT2D eigenvalue weighted by Gasteiger charge is 2.42. The number of carbonyl (C=O) groups excluding carboxylic acids is 2. The third-order valence-corrected chi connectivity index (χ3v) is 6.15. The number of hydrogen-bond acceptors (Lipinski definition) is 4. The fraction of sp³-hybridized carbons (Fsp3) is 0.417. The number of hydrogen-bond donors (Lipinski definition) is 2. The highest BCUT2D eigenvalue weighted by molar-refractivity contribution is 6.01. The third kappa shape index (κ3) is 3.74. The van der Waals surface area contributed by atoms with Crippen LogP contribution in [-0.4, -0.2) is 25.2 Å². The second-order valence-electron chi connectivity index (χ2n) is 8.05. The molecule has 6 heteroatoms. The lowest BCUT2D eigenvalue weighted by Gasteiger charge is -2.36. The molecule has 2 aromatic carbocycles. The van der Waals surface area contributed by atoms with Crippen LogP contribution < -0.4 is 20.1 Å². The minimum absolute atomic E-state index is 0.0304. The Bertz CT molecular complexity index is 964. The minimum Gasteiger partial charge on any atom is -0.454 e. The van der Waals surface area contributed by atoms with Crippen molar-refractivity contribution in [2.45, 2.75) is 51.4 Å². The van der Waals surface area contributed by atoms with Gasteiger partial charge in [0.2, 0.25) is 12.7 Å². The molecule has 2 N–H and O–H groups in total. The number of rotatable bonds is 5. The highest BCUT2D eigenvalue weighted by Crippen LogP contribution is 2.44. The van der Waals surface area contributed by atoms with E-state index in [1.54, 1.807) is 12.1 Å². The van der Waals surface area contributed by atoms with Gasteiger partial charge in [0.15, 0.2) is 11.5 Å². The van der Waals surface area contributed by atoms with E-state index in [0.717, 1.165) is 49.0 Å². The quantitative estimate of drug-likeness (QED) is 0.773. The summed E-state index contributed by atoms with van der Waals surface area (Å²) >= 11 is 0. The van der Waals surface area contributed by atoms with Crippen LogP contribution >= 0.6 is 0 Å². The van der Waals surface area contributed by atoms with E-state index in [1.165, 1.54) is 0 Å². The minimum atomic E-state index is -0.618. The molecule has 1 aliphatic heterocycles. The first kappa shape index (κ1) is 20.3. The summed E-state index contributed by atoms with van der Waals surface area (Å²) in [5.41, 5.74) is 2.48. The van der Waals surface area contributed by atoms with Crippen molar-refractivity contribution in [3.05, 3.63) is 53.1 Å². The molecule has 2 aliphatic rings. The molecule has 1 saturated carbocycles. The SMILES string of the molecule is CCNC(=O)c1ccc(C)c(NC(=O)C2(c3ccc4c(c3)OCO4)CCCCC2)c1. The maximum absolute atomic E-state index is 13.7. The fourth-order valence-corrected chi connectivity index (χ4v) is 4.40. The van der Waals surface area contributed by atoms with Crippen LogP contribution in [0.25, 0.3) is 0 Å². The summed E-state index contributed by atoms with van der Waals surface area (Å²) in [5.74, 6) is 1.24. The molecule has 0 atom stereocenters. The molecule has 0 saturated heterocycles. The largest absolute Gasteiger partial charge is 0.454 e. The van der Waals surface area contributed by atoms with Gasteiger partial charge in [0.25, 0.3) is 5.91 Å². The molecular formula is C24H28N2O4. The molecule has 0 bridgehead atoms. The van der Waals surface area contributed by atoms with Crippen molar-refractivity contribution in [3.8, 4) is 11.5 Å². The lowest BCUT2D eigenvalue weighted by atomic mass is 9.68. The van der Waals surface area contributed by atoms with Gasteiger partial charge in [-0.15, -0.1) is 0 Å². The van der Waals surface area contributed by atoms with Crippen molar-refractivity contribution in [1.82, 2.24) is 5.32 Å². The lowest BCUT2D eigenvalue weighted by Crippen LogP contribution is -2.42. The Hall–Kier alpha value is -3.02. The van der Waals surface area contributed by atoms with Crippen LogP contribution in [0.4, 0.5) is 5.69 Å². The third-order valence-electron chi connectivity index (χ3n) is 6.15. The van der Waals surface area contributed by atoms with Gasteiger partial charge in [-0.2, -0.15) is 0 Å². The lowest BCUT2D eigenvalue weighted by molar-refractivity contribution is -0.122. The van der Waals surface area contributed by atoms with Crippen molar-refractivity contribution in [2.75, 3.05) is 18.7 Å². The number of benzene rings is 2. The van der Waals surface area contributed by atoms with Crippen LogP contribution in [0.2, 0.25) is 0 Å². The Morgan fingerprint density at radius 2 is 1.77 bits per heavy atom. The number of fused-ring (bicyclic) bond motifs is 1. The van der Waals surface area contributed by atoms with Gasteiger partial charge >= 0.3 is 0 Å². The van der Waals surface area contributed by atoms with E-state index in [-0.39, 0.29) is 18.6 Å². The fourth-order valence-electron chi connectivity index (χ4n) is 4.40. The number of amides is 2. The van der Waals surface area contributed by atoms with Crippen LogP contribution in [0.15, 0.2) is 36.4 Å². The van der Waals surface area contributed by atoms with Gasteiger partial charge in [-0.1, -0.05) is 31.4 Å². The summed E-state index contributed by atoms with van der Waals surface area (Å²) in [4.78, 5) is 25.9. The van der Waals surface area contributed by atoms with Crippen LogP contribution in [0, 0.1) is 6.92 Å². The molecule has 6 nitrogen and oxygen atoms in total. The number of carbonyl (C=O) groups is 2. The van der Waals surface area contributed by atoms with Crippen LogP contribution in [0.5, 0.6) is 11.5 Å². The molecule has 1 aliphatic carbocycles. The Kier molecular flexibility index (Phi) is 5.66. The molecule has 4 rings (SSSR count). The molecule has 2 aromatic rings. The molecule has 2 amide bonds. The van der Waals surface area contributed by atoms with E-state index in [4.69, 9.17) is 9.47 Å². The van der Waals surface area contributed by atoms with Gasteiger partial charge < -0.3 is 20.1 Å². The van der Waals surface area contributed by atoms with Crippen molar-refractivity contribution in [3.63, 3.8) is 0 Å². The predicted octanol–water partition coefficient (Wildman–Crippen LogP) is 4.31. The number of ether oxygens (including phenoxy) is 2.